The van der Waals surface area contributed by atoms with Crippen LogP contribution in [0.25, 0.3) is 0 Å². The van der Waals surface area contributed by atoms with Gasteiger partial charge in [-0.2, -0.15) is 0 Å². The number of alkyl halides is 1. The number of hydrogen-bond donors (Lipinski definition) is 1. The van der Waals surface area contributed by atoms with Crippen LogP contribution in [0.2, 0.25) is 0 Å². The zero-order valence-corrected chi connectivity index (χ0v) is 7.35. The Bertz CT molecular complexity index is 193. The first-order valence-electron chi connectivity index (χ1n) is 2.98. The molecule has 1 aromatic rings. The molecule has 1 atom stereocenters. The van der Waals surface area contributed by atoms with Crippen molar-refractivity contribution in [3.05, 3.63) is 30.1 Å². The van der Waals surface area contributed by atoms with Crippen molar-refractivity contribution in [3.63, 3.8) is 0 Å². The molecule has 0 aromatic carbocycles. The minimum Gasteiger partial charge on any atom is -0.387 e. The van der Waals surface area contributed by atoms with E-state index < -0.39 is 6.10 Å². The van der Waals surface area contributed by atoms with Crippen LogP contribution in [-0.2, 0) is 0 Å². The molecule has 0 aliphatic heterocycles. The third-order valence-corrected chi connectivity index (χ3v) is 1.51. The molecule has 4 heteroatoms. The van der Waals surface area contributed by atoms with Gasteiger partial charge in [0.25, 0.3) is 0 Å². The van der Waals surface area contributed by atoms with Crippen molar-refractivity contribution in [1.29, 1.82) is 0 Å². The first-order chi connectivity index (χ1) is 4.84. The van der Waals surface area contributed by atoms with Crippen LogP contribution in [0.4, 0.5) is 0 Å². The topological polar surface area (TPSA) is 33.1 Å². The van der Waals surface area contributed by atoms with E-state index in [1.165, 1.54) is 0 Å². The van der Waals surface area contributed by atoms with Gasteiger partial charge in [0.2, 0.25) is 0 Å². The van der Waals surface area contributed by atoms with E-state index in [1.54, 1.807) is 24.5 Å². The molecule has 0 aliphatic carbocycles. The van der Waals surface area contributed by atoms with E-state index >= 15 is 0 Å². The average molecular weight is 194 g/mol. The van der Waals surface area contributed by atoms with Gasteiger partial charge < -0.3 is 5.11 Å². The normalized spacial score (nSPS) is 11.8. The molecule has 0 spiro atoms. The second-order valence-electron chi connectivity index (χ2n) is 1.96. The highest BCUT2D eigenvalue weighted by atomic mass is 35.5. The van der Waals surface area contributed by atoms with Crippen LogP contribution in [0.15, 0.2) is 24.5 Å². The van der Waals surface area contributed by atoms with Gasteiger partial charge in [0.05, 0.1) is 12.0 Å². The molecular weight excluding hydrogens is 185 g/mol. The molecule has 0 amide bonds. The molecule has 1 rings (SSSR count). The van der Waals surface area contributed by atoms with Gasteiger partial charge in [-0.1, -0.05) is 6.07 Å². The summed E-state index contributed by atoms with van der Waals surface area (Å²) in [7, 11) is 0. The van der Waals surface area contributed by atoms with E-state index in [4.69, 9.17) is 16.7 Å². The molecule has 1 N–H and O–H groups in total. The molecule has 0 radical (unpaired) electrons. The summed E-state index contributed by atoms with van der Waals surface area (Å²) in [4.78, 5) is 3.84. The first kappa shape index (κ1) is 10.7. The Balaban J connectivity index is 0.000001000. The molecule has 62 valence electrons. The monoisotopic (exact) mass is 193 g/mol. The molecule has 0 unspecified atom stereocenters. The van der Waals surface area contributed by atoms with Crippen molar-refractivity contribution >= 4 is 24.0 Å². The second kappa shape index (κ2) is 5.35. The van der Waals surface area contributed by atoms with Crippen LogP contribution in [0, 0.1) is 0 Å². The lowest BCUT2D eigenvalue weighted by atomic mass is 10.2. The Morgan fingerprint density at radius 3 is 2.82 bits per heavy atom. The molecule has 1 heterocycles. The van der Waals surface area contributed by atoms with Gasteiger partial charge in [-0.05, 0) is 11.6 Å². The van der Waals surface area contributed by atoms with Crippen LogP contribution in [-0.4, -0.2) is 16.0 Å². The Labute approximate surface area is 76.6 Å². The summed E-state index contributed by atoms with van der Waals surface area (Å²) < 4.78 is 0. The summed E-state index contributed by atoms with van der Waals surface area (Å²) in [5.41, 5.74) is 0.762. The maximum Gasteiger partial charge on any atom is 0.0940 e. The standard InChI is InChI=1S/C7H8ClNO.ClH/c8-4-7(10)6-2-1-3-9-5-6;/h1-3,5,7,10H,4H2;1H/t7-;/m0./s1. The number of aromatic nitrogens is 1. The lowest BCUT2D eigenvalue weighted by Crippen LogP contribution is -1.97. The van der Waals surface area contributed by atoms with Gasteiger partial charge in [-0.3, -0.25) is 4.98 Å². The molecule has 0 bridgehead atoms. The minimum absolute atomic E-state index is 0. The maximum absolute atomic E-state index is 9.16. The Hall–Kier alpha value is -0.310. The smallest absolute Gasteiger partial charge is 0.0940 e. The van der Waals surface area contributed by atoms with Crippen molar-refractivity contribution in [3.8, 4) is 0 Å². The van der Waals surface area contributed by atoms with Gasteiger partial charge in [0.1, 0.15) is 0 Å². The minimum atomic E-state index is -0.588. The van der Waals surface area contributed by atoms with E-state index in [2.05, 4.69) is 4.98 Å². The van der Waals surface area contributed by atoms with E-state index in [0.29, 0.717) is 0 Å². The van der Waals surface area contributed by atoms with Gasteiger partial charge in [-0.25, -0.2) is 0 Å². The van der Waals surface area contributed by atoms with Crippen molar-refractivity contribution < 1.29 is 5.11 Å². The number of rotatable bonds is 2. The fourth-order valence-corrected chi connectivity index (χ4v) is 0.840. The van der Waals surface area contributed by atoms with Gasteiger partial charge in [-0.15, -0.1) is 24.0 Å². The molecular formula is C7H9Cl2NO. The fraction of sp³-hybridized carbons (Fsp3) is 0.286. The highest BCUT2D eigenvalue weighted by Crippen LogP contribution is 2.11. The summed E-state index contributed by atoms with van der Waals surface area (Å²) in [6.07, 6.45) is 2.67. The van der Waals surface area contributed by atoms with Crippen molar-refractivity contribution in [2.45, 2.75) is 6.10 Å². The van der Waals surface area contributed by atoms with Crippen LogP contribution in [0.3, 0.4) is 0 Å². The zero-order valence-electron chi connectivity index (χ0n) is 5.77. The van der Waals surface area contributed by atoms with Gasteiger partial charge in [0, 0.05) is 12.4 Å². The maximum atomic E-state index is 9.16. The molecule has 0 fully saturated rings. The lowest BCUT2D eigenvalue weighted by molar-refractivity contribution is 0.202. The molecule has 11 heavy (non-hydrogen) atoms. The predicted octanol–water partition coefficient (Wildman–Crippen LogP) is 1.78. The Kier molecular flexibility index (Phi) is 5.20. The van der Waals surface area contributed by atoms with E-state index in [9.17, 15) is 0 Å². The quantitative estimate of drug-likeness (QED) is 0.727. The average Bonchev–Trinajstić information content (AvgIpc) is 2.05. The van der Waals surface area contributed by atoms with Crippen LogP contribution < -0.4 is 0 Å². The van der Waals surface area contributed by atoms with Crippen molar-refractivity contribution in [2.75, 3.05) is 5.88 Å². The van der Waals surface area contributed by atoms with E-state index in [1.807, 2.05) is 0 Å². The van der Waals surface area contributed by atoms with E-state index in [-0.39, 0.29) is 18.3 Å². The summed E-state index contributed by atoms with van der Waals surface area (Å²) in [5, 5.41) is 9.16. The van der Waals surface area contributed by atoms with Crippen LogP contribution in [0.1, 0.15) is 11.7 Å². The number of halogens is 2. The molecule has 1 aromatic heterocycles. The fourth-order valence-electron chi connectivity index (χ4n) is 0.662. The summed E-state index contributed by atoms with van der Waals surface area (Å²) >= 11 is 5.41. The third kappa shape index (κ3) is 3.06. The molecule has 0 saturated carbocycles. The van der Waals surface area contributed by atoms with Crippen molar-refractivity contribution in [1.82, 2.24) is 4.98 Å². The predicted molar refractivity (Wildman–Crippen MR) is 47.2 cm³/mol. The van der Waals surface area contributed by atoms with Crippen molar-refractivity contribution in [2.24, 2.45) is 0 Å². The third-order valence-electron chi connectivity index (χ3n) is 1.22. The summed E-state index contributed by atoms with van der Waals surface area (Å²) in [6.45, 7) is 0. The summed E-state index contributed by atoms with van der Waals surface area (Å²) in [5.74, 6) is 0.214. The Morgan fingerprint density at radius 1 is 1.64 bits per heavy atom. The molecule has 0 aliphatic rings. The van der Waals surface area contributed by atoms with Gasteiger partial charge in [0.15, 0.2) is 0 Å². The SMILES string of the molecule is Cl.O[C@@H](CCl)c1cccnc1. The Morgan fingerprint density at radius 2 is 2.36 bits per heavy atom. The second-order valence-corrected chi connectivity index (χ2v) is 2.27. The molecule has 0 saturated heterocycles. The van der Waals surface area contributed by atoms with Crippen LogP contribution in [0.5, 0.6) is 0 Å². The largest absolute Gasteiger partial charge is 0.387 e. The molecule has 2 nitrogen and oxygen atoms in total. The number of nitrogens with zero attached hydrogens (tertiary/aromatic N) is 1. The number of pyridine rings is 1. The number of aliphatic hydroxyl groups is 1. The lowest BCUT2D eigenvalue weighted by Gasteiger charge is -2.03. The highest BCUT2D eigenvalue weighted by molar-refractivity contribution is 6.18. The number of hydrogen-bond acceptors (Lipinski definition) is 2. The number of aliphatic hydroxyl groups excluding tert-OH is 1. The zero-order chi connectivity index (χ0) is 7.40. The van der Waals surface area contributed by atoms with E-state index in [0.717, 1.165) is 5.56 Å². The first-order valence-corrected chi connectivity index (χ1v) is 3.52. The summed E-state index contributed by atoms with van der Waals surface area (Å²) in [6, 6.07) is 3.56. The van der Waals surface area contributed by atoms with Crippen LogP contribution >= 0.6 is 24.0 Å². The van der Waals surface area contributed by atoms with Gasteiger partial charge >= 0.3 is 0 Å². The highest BCUT2D eigenvalue weighted by Gasteiger charge is 2.03.